The van der Waals surface area contributed by atoms with Crippen LogP contribution in [0.3, 0.4) is 0 Å². The number of nitrogens with zero attached hydrogens (tertiary/aromatic N) is 3. The van der Waals surface area contributed by atoms with Gasteiger partial charge in [-0.1, -0.05) is 18.2 Å². The van der Waals surface area contributed by atoms with E-state index in [1.165, 1.54) is 0 Å². The second-order valence-electron chi connectivity index (χ2n) is 4.27. The number of aromatic nitrogens is 2. The van der Waals surface area contributed by atoms with E-state index in [-0.39, 0.29) is 23.5 Å². The van der Waals surface area contributed by atoms with Crippen LogP contribution in [0, 0.1) is 10.1 Å². The number of benzene rings is 1. The number of anilines is 2. The van der Waals surface area contributed by atoms with E-state index in [4.69, 9.17) is 10.5 Å². The molecule has 0 saturated heterocycles. The predicted octanol–water partition coefficient (Wildman–Crippen LogP) is 1.51. The van der Waals surface area contributed by atoms with Gasteiger partial charge in [0.1, 0.15) is 18.6 Å². The van der Waals surface area contributed by atoms with Gasteiger partial charge in [0.05, 0.1) is 11.0 Å². The van der Waals surface area contributed by atoms with E-state index in [0.717, 1.165) is 17.5 Å². The van der Waals surface area contributed by atoms with Crippen LogP contribution < -0.4 is 15.8 Å². The van der Waals surface area contributed by atoms with Crippen LogP contribution in [0.25, 0.3) is 0 Å². The number of hydrogen-bond donors (Lipinski definition) is 2. The first kappa shape index (κ1) is 12.2. The van der Waals surface area contributed by atoms with E-state index in [9.17, 15) is 10.1 Å². The van der Waals surface area contributed by atoms with Crippen LogP contribution in [0.4, 0.5) is 17.5 Å². The first-order valence-electron chi connectivity index (χ1n) is 5.90. The van der Waals surface area contributed by atoms with Crippen LogP contribution in [0.15, 0.2) is 30.5 Å². The summed E-state index contributed by atoms with van der Waals surface area (Å²) in [6, 6.07) is 7.51. The molecule has 1 aromatic carbocycles. The van der Waals surface area contributed by atoms with Crippen LogP contribution in [-0.2, 0) is 0 Å². The summed E-state index contributed by atoms with van der Waals surface area (Å²) in [5.41, 5.74) is 6.21. The van der Waals surface area contributed by atoms with Crippen LogP contribution in [0.5, 0.6) is 5.75 Å². The van der Waals surface area contributed by atoms with Gasteiger partial charge in [-0.2, -0.15) is 4.98 Å². The van der Waals surface area contributed by atoms with Gasteiger partial charge in [-0.25, -0.2) is 4.98 Å². The molecule has 3 rings (SSSR count). The molecule has 8 heteroatoms. The average Bonchev–Trinajstić information content (AvgIpc) is 2.82. The van der Waals surface area contributed by atoms with Crippen molar-refractivity contribution < 1.29 is 9.66 Å². The van der Waals surface area contributed by atoms with Crippen molar-refractivity contribution in [2.45, 2.75) is 6.04 Å². The van der Waals surface area contributed by atoms with Crippen molar-refractivity contribution in [3.63, 3.8) is 0 Å². The summed E-state index contributed by atoms with van der Waals surface area (Å²) < 4.78 is 5.52. The van der Waals surface area contributed by atoms with Crippen molar-refractivity contribution in [2.75, 3.05) is 17.7 Å². The third kappa shape index (κ3) is 2.07. The van der Waals surface area contributed by atoms with Gasteiger partial charge in [0.15, 0.2) is 0 Å². The Morgan fingerprint density at radius 1 is 1.45 bits per heavy atom. The maximum Gasteiger partial charge on any atom is 0.329 e. The predicted molar refractivity (Wildman–Crippen MR) is 71.4 cm³/mol. The van der Waals surface area contributed by atoms with Crippen molar-refractivity contribution >= 4 is 17.5 Å². The minimum Gasteiger partial charge on any atom is -0.491 e. The Morgan fingerprint density at radius 3 is 3.00 bits per heavy atom. The van der Waals surface area contributed by atoms with Crippen molar-refractivity contribution in [2.24, 2.45) is 0 Å². The van der Waals surface area contributed by atoms with E-state index >= 15 is 0 Å². The van der Waals surface area contributed by atoms with Gasteiger partial charge in [-0.3, -0.25) is 10.1 Å². The average molecular weight is 273 g/mol. The van der Waals surface area contributed by atoms with Crippen molar-refractivity contribution in [1.29, 1.82) is 0 Å². The number of rotatable bonds is 3. The molecule has 0 amide bonds. The van der Waals surface area contributed by atoms with Gasteiger partial charge < -0.3 is 15.8 Å². The quantitative estimate of drug-likeness (QED) is 0.643. The zero-order valence-corrected chi connectivity index (χ0v) is 10.3. The molecule has 2 heterocycles. The summed E-state index contributed by atoms with van der Waals surface area (Å²) in [5, 5.41) is 13.7. The normalized spacial score (nSPS) is 16.3. The van der Waals surface area contributed by atoms with Crippen LogP contribution in [0.1, 0.15) is 11.6 Å². The molecule has 0 spiro atoms. The number of nitrogens with one attached hydrogen (secondary N) is 1. The molecule has 0 unspecified atom stereocenters. The summed E-state index contributed by atoms with van der Waals surface area (Å²) in [6.45, 7) is 0.444. The molecule has 8 nitrogen and oxygen atoms in total. The number of nitro groups is 1. The summed E-state index contributed by atoms with van der Waals surface area (Å²) in [6.07, 6.45) is 1.09. The van der Waals surface area contributed by atoms with E-state index < -0.39 is 4.92 Å². The molecule has 1 aliphatic heterocycles. The highest BCUT2D eigenvalue weighted by Gasteiger charge is 2.24. The maximum absolute atomic E-state index is 10.6. The number of nitrogens with two attached hydrogens (primary N) is 1. The van der Waals surface area contributed by atoms with E-state index in [0.29, 0.717) is 6.61 Å². The number of nitrogen functional groups attached to an aromatic ring is 1. The molecule has 1 aromatic heterocycles. The molecular formula is C12H11N5O3. The Labute approximate surface area is 113 Å². The highest BCUT2D eigenvalue weighted by atomic mass is 16.6. The fraction of sp³-hybridized carbons (Fsp3) is 0.167. The zero-order valence-electron chi connectivity index (χ0n) is 10.3. The van der Waals surface area contributed by atoms with Gasteiger partial charge in [0, 0.05) is 5.56 Å². The number of ether oxygens (including phenoxy) is 1. The largest absolute Gasteiger partial charge is 0.491 e. The monoisotopic (exact) mass is 273 g/mol. The number of para-hydroxylation sites is 1. The lowest BCUT2D eigenvalue weighted by molar-refractivity contribution is -0.384. The molecule has 0 bridgehead atoms. The minimum atomic E-state index is -0.618. The molecule has 102 valence electrons. The highest BCUT2D eigenvalue weighted by Crippen LogP contribution is 2.33. The second-order valence-corrected chi connectivity index (χ2v) is 4.27. The molecule has 1 atom stereocenters. The van der Waals surface area contributed by atoms with Gasteiger partial charge in [0.2, 0.25) is 11.8 Å². The number of hydrogen-bond acceptors (Lipinski definition) is 7. The molecule has 20 heavy (non-hydrogen) atoms. The summed E-state index contributed by atoms with van der Waals surface area (Å²) in [5.74, 6) is 0.873. The van der Waals surface area contributed by atoms with Crippen LogP contribution in [0.2, 0.25) is 0 Å². The fourth-order valence-electron chi connectivity index (χ4n) is 2.04. The van der Waals surface area contributed by atoms with Gasteiger partial charge in [0.25, 0.3) is 0 Å². The fourth-order valence-corrected chi connectivity index (χ4v) is 2.04. The lowest BCUT2D eigenvalue weighted by Crippen LogP contribution is -2.15. The Bertz CT molecular complexity index is 676. The standard InChI is InChI=1S/C12H11N5O3/c13-11-9(17(18)19)5-14-12(16-11)15-8-6-20-10-4-2-1-3-7(8)10/h1-5,8H,6H2,(H3,13,14,15,16)/t8-/m1/s1. The number of fused-ring (bicyclic) bond motifs is 1. The third-order valence-corrected chi connectivity index (χ3v) is 3.00. The van der Waals surface area contributed by atoms with Crippen molar-refractivity contribution in [3.8, 4) is 5.75 Å². The Morgan fingerprint density at radius 2 is 2.25 bits per heavy atom. The molecule has 1 aliphatic rings. The molecule has 0 saturated carbocycles. The minimum absolute atomic E-state index is 0.105. The lowest BCUT2D eigenvalue weighted by Gasteiger charge is -2.11. The van der Waals surface area contributed by atoms with Crippen molar-refractivity contribution in [1.82, 2.24) is 9.97 Å². The van der Waals surface area contributed by atoms with Crippen molar-refractivity contribution in [3.05, 3.63) is 46.1 Å². The molecule has 0 aliphatic carbocycles. The first-order valence-corrected chi connectivity index (χ1v) is 5.90. The summed E-state index contributed by atoms with van der Waals surface area (Å²) in [4.78, 5) is 17.8. The van der Waals surface area contributed by atoms with E-state index in [2.05, 4.69) is 15.3 Å². The Kier molecular flexibility index (Phi) is 2.82. The molecule has 2 aromatic rings. The van der Waals surface area contributed by atoms with E-state index in [1.54, 1.807) is 0 Å². The third-order valence-electron chi connectivity index (χ3n) is 3.00. The Balaban J connectivity index is 1.83. The van der Waals surface area contributed by atoms with Gasteiger partial charge in [-0.05, 0) is 6.07 Å². The molecular weight excluding hydrogens is 262 g/mol. The van der Waals surface area contributed by atoms with Gasteiger partial charge in [-0.15, -0.1) is 0 Å². The Hall–Kier alpha value is -2.90. The zero-order chi connectivity index (χ0) is 14.1. The summed E-state index contributed by atoms with van der Waals surface area (Å²) in [7, 11) is 0. The SMILES string of the molecule is Nc1nc(N[C@@H]2COc3ccccc32)ncc1[N+](=O)[O-]. The second kappa shape index (κ2) is 4.65. The van der Waals surface area contributed by atoms with Crippen LogP contribution >= 0.6 is 0 Å². The lowest BCUT2D eigenvalue weighted by atomic mass is 10.1. The summed E-state index contributed by atoms with van der Waals surface area (Å²) >= 11 is 0. The molecule has 3 N–H and O–H groups in total. The molecule has 0 fully saturated rings. The smallest absolute Gasteiger partial charge is 0.329 e. The first-order chi connectivity index (χ1) is 9.65. The van der Waals surface area contributed by atoms with Crippen LogP contribution in [-0.4, -0.2) is 21.5 Å². The van der Waals surface area contributed by atoms with E-state index in [1.807, 2.05) is 24.3 Å². The molecule has 0 radical (unpaired) electrons. The van der Waals surface area contributed by atoms with Gasteiger partial charge >= 0.3 is 5.69 Å². The topological polar surface area (TPSA) is 116 Å². The highest BCUT2D eigenvalue weighted by molar-refractivity contribution is 5.54. The maximum atomic E-state index is 10.6.